The molecule has 1 unspecified atom stereocenters. The van der Waals surface area contributed by atoms with E-state index in [1.165, 1.54) is 22.4 Å². The number of halogens is 1. The third-order valence-corrected chi connectivity index (χ3v) is 7.21. The molecule has 1 aromatic carbocycles. The van der Waals surface area contributed by atoms with E-state index in [9.17, 15) is 9.59 Å². The number of carbonyl (C=O) groups excluding carboxylic acids is 2. The highest BCUT2D eigenvalue weighted by Gasteiger charge is 2.31. The van der Waals surface area contributed by atoms with Crippen LogP contribution in [0.1, 0.15) is 43.6 Å². The molecule has 3 saturated heterocycles. The third kappa shape index (κ3) is 3.99. The predicted octanol–water partition coefficient (Wildman–Crippen LogP) is 2.34. The zero-order valence-corrected chi connectivity index (χ0v) is 18.6. The quantitative estimate of drug-likeness (QED) is 0.760. The Morgan fingerprint density at radius 3 is 2.69 bits per heavy atom. The molecule has 8 nitrogen and oxygen atoms in total. The maximum Gasteiger partial charge on any atom is 0.329 e. The first-order chi connectivity index (χ1) is 15.5. The number of anilines is 1. The molecule has 1 aromatic heterocycles. The fourth-order valence-electron chi connectivity index (χ4n) is 5.48. The van der Waals surface area contributed by atoms with Gasteiger partial charge in [0.25, 0.3) is 0 Å². The molecule has 0 bridgehead atoms. The van der Waals surface area contributed by atoms with Gasteiger partial charge in [0.15, 0.2) is 11.6 Å². The molecule has 5 rings (SSSR count). The molecule has 2 aromatic rings. The third-order valence-electron chi connectivity index (χ3n) is 7.21. The highest BCUT2D eigenvalue weighted by Crippen LogP contribution is 2.36. The standard InChI is InChI=1S/C23H31FN6O2/c1-28-21-18(22(27-28)30-12-8-19(31)26-23(30)32)5-4-17(20(21)24)16-6-10-29(11-7-16)14-15-3-2-9-25-13-15/h4-5,15-16,25H,2-3,6-14H2,1H3,(H,26,31,32). The van der Waals surface area contributed by atoms with Crippen molar-refractivity contribution in [1.82, 2.24) is 25.3 Å². The molecule has 3 fully saturated rings. The fourth-order valence-corrected chi connectivity index (χ4v) is 5.48. The molecule has 9 heteroatoms. The first-order valence-corrected chi connectivity index (χ1v) is 11.7. The number of aryl methyl sites for hydroxylation is 1. The first-order valence-electron chi connectivity index (χ1n) is 11.7. The number of nitrogens with one attached hydrogen (secondary N) is 2. The molecule has 172 valence electrons. The fraction of sp³-hybridized carbons (Fsp3) is 0.609. The largest absolute Gasteiger partial charge is 0.329 e. The van der Waals surface area contributed by atoms with E-state index in [-0.39, 0.29) is 30.6 Å². The average molecular weight is 443 g/mol. The number of nitrogens with zero attached hydrogens (tertiary/aromatic N) is 4. The van der Waals surface area contributed by atoms with Crippen LogP contribution < -0.4 is 15.5 Å². The van der Waals surface area contributed by atoms with Gasteiger partial charge in [-0.1, -0.05) is 6.07 Å². The monoisotopic (exact) mass is 442 g/mol. The first kappa shape index (κ1) is 21.3. The number of hydrogen-bond donors (Lipinski definition) is 2. The summed E-state index contributed by atoms with van der Waals surface area (Å²) in [6, 6.07) is 3.23. The van der Waals surface area contributed by atoms with Gasteiger partial charge in [-0.25, -0.2) is 9.18 Å². The number of imide groups is 1. The van der Waals surface area contributed by atoms with Crippen LogP contribution in [-0.2, 0) is 11.8 Å². The number of aromatic nitrogens is 2. The summed E-state index contributed by atoms with van der Waals surface area (Å²) in [6.07, 6.45) is 4.66. The Labute approximate surface area is 187 Å². The van der Waals surface area contributed by atoms with Crippen molar-refractivity contribution in [3.8, 4) is 0 Å². The number of urea groups is 1. The predicted molar refractivity (Wildman–Crippen MR) is 120 cm³/mol. The van der Waals surface area contributed by atoms with Gasteiger partial charge in [0.2, 0.25) is 5.91 Å². The van der Waals surface area contributed by atoms with Crippen molar-refractivity contribution in [2.45, 2.75) is 38.0 Å². The topological polar surface area (TPSA) is 82.5 Å². The zero-order valence-electron chi connectivity index (χ0n) is 18.6. The number of fused-ring (bicyclic) bond motifs is 1. The van der Waals surface area contributed by atoms with E-state index in [1.807, 2.05) is 12.1 Å². The normalized spacial score (nSPS) is 23.7. The second-order valence-electron chi connectivity index (χ2n) is 9.35. The second kappa shape index (κ2) is 8.78. The van der Waals surface area contributed by atoms with Gasteiger partial charge in [-0.15, -0.1) is 0 Å². The van der Waals surface area contributed by atoms with Crippen molar-refractivity contribution in [2.75, 3.05) is 44.2 Å². The molecule has 3 aliphatic heterocycles. The Balaban J connectivity index is 1.32. The number of carbonyl (C=O) groups is 2. The van der Waals surface area contributed by atoms with Crippen molar-refractivity contribution in [3.05, 3.63) is 23.5 Å². The lowest BCUT2D eigenvalue weighted by Gasteiger charge is -2.35. The molecular weight excluding hydrogens is 411 g/mol. The van der Waals surface area contributed by atoms with Crippen molar-refractivity contribution >= 4 is 28.7 Å². The van der Waals surface area contributed by atoms with Crippen molar-refractivity contribution in [2.24, 2.45) is 13.0 Å². The smallest absolute Gasteiger partial charge is 0.316 e. The number of rotatable bonds is 4. The molecule has 1 atom stereocenters. The van der Waals surface area contributed by atoms with E-state index in [0.717, 1.165) is 57.0 Å². The minimum absolute atomic E-state index is 0.189. The number of benzene rings is 1. The van der Waals surface area contributed by atoms with Crippen LogP contribution in [0.3, 0.4) is 0 Å². The average Bonchev–Trinajstić information content (AvgIpc) is 3.12. The summed E-state index contributed by atoms with van der Waals surface area (Å²) in [5.74, 6) is 0.769. The summed E-state index contributed by atoms with van der Waals surface area (Å²) in [6.45, 7) is 5.62. The molecule has 32 heavy (non-hydrogen) atoms. The summed E-state index contributed by atoms with van der Waals surface area (Å²) in [5, 5.41) is 10.8. The van der Waals surface area contributed by atoms with Crippen LogP contribution in [0.25, 0.3) is 10.9 Å². The lowest BCUT2D eigenvalue weighted by molar-refractivity contribution is -0.120. The highest BCUT2D eigenvalue weighted by atomic mass is 19.1. The van der Waals surface area contributed by atoms with Gasteiger partial charge in [-0.05, 0) is 75.3 Å². The summed E-state index contributed by atoms with van der Waals surface area (Å²) in [7, 11) is 1.70. The van der Waals surface area contributed by atoms with Crippen LogP contribution in [-0.4, -0.2) is 65.9 Å². The van der Waals surface area contributed by atoms with Gasteiger partial charge in [0, 0.05) is 31.9 Å². The van der Waals surface area contributed by atoms with E-state index in [0.29, 0.717) is 16.7 Å². The molecule has 0 spiro atoms. The maximum atomic E-state index is 15.7. The van der Waals surface area contributed by atoms with E-state index in [4.69, 9.17) is 0 Å². The number of piperidine rings is 2. The summed E-state index contributed by atoms with van der Waals surface area (Å²) in [4.78, 5) is 27.7. The highest BCUT2D eigenvalue weighted by molar-refractivity contribution is 6.08. The van der Waals surface area contributed by atoms with Gasteiger partial charge >= 0.3 is 6.03 Å². The van der Waals surface area contributed by atoms with Gasteiger partial charge < -0.3 is 10.2 Å². The molecule has 2 N–H and O–H groups in total. The van der Waals surface area contributed by atoms with E-state index >= 15 is 4.39 Å². The van der Waals surface area contributed by atoms with Crippen LogP contribution in [0.5, 0.6) is 0 Å². The van der Waals surface area contributed by atoms with Crippen molar-refractivity contribution in [1.29, 1.82) is 0 Å². The van der Waals surface area contributed by atoms with Gasteiger partial charge in [-0.3, -0.25) is 19.7 Å². The van der Waals surface area contributed by atoms with Crippen molar-refractivity contribution < 1.29 is 14.0 Å². The minimum atomic E-state index is -0.508. The van der Waals surface area contributed by atoms with Gasteiger partial charge in [0.1, 0.15) is 5.52 Å². The Morgan fingerprint density at radius 1 is 1.16 bits per heavy atom. The number of likely N-dealkylation sites (tertiary alicyclic amines) is 1. The lowest BCUT2D eigenvalue weighted by Crippen LogP contribution is -2.49. The van der Waals surface area contributed by atoms with Crippen LogP contribution >= 0.6 is 0 Å². The Morgan fingerprint density at radius 2 is 1.97 bits per heavy atom. The Kier molecular flexibility index (Phi) is 5.86. The minimum Gasteiger partial charge on any atom is -0.316 e. The molecule has 4 heterocycles. The van der Waals surface area contributed by atoms with Crippen molar-refractivity contribution in [3.63, 3.8) is 0 Å². The molecule has 0 radical (unpaired) electrons. The number of hydrogen-bond acceptors (Lipinski definition) is 5. The molecule has 3 aliphatic rings. The van der Waals surface area contributed by atoms with Crippen LogP contribution in [0.4, 0.5) is 15.0 Å². The molecule has 0 saturated carbocycles. The molecule has 0 aliphatic carbocycles. The summed E-state index contributed by atoms with van der Waals surface area (Å²) < 4.78 is 17.2. The van der Waals surface area contributed by atoms with E-state index < -0.39 is 6.03 Å². The maximum absolute atomic E-state index is 15.7. The molecule has 3 amide bonds. The summed E-state index contributed by atoms with van der Waals surface area (Å²) >= 11 is 0. The van der Waals surface area contributed by atoms with Crippen LogP contribution in [0.15, 0.2) is 12.1 Å². The van der Waals surface area contributed by atoms with E-state index in [2.05, 4.69) is 20.6 Å². The number of amides is 3. The Bertz CT molecular complexity index is 1020. The van der Waals surface area contributed by atoms with Gasteiger partial charge in [0.05, 0.1) is 0 Å². The van der Waals surface area contributed by atoms with E-state index in [1.54, 1.807) is 7.05 Å². The van der Waals surface area contributed by atoms with Gasteiger partial charge in [-0.2, -0.15) is 5.10 Å². The zero-order chi connectivity index (χ0) is 22.2. The lowest BCUT2D eigenvalue weighted by atomic mass is 9.87. The summed E-state index contributed by atoms with van der Waals surface area (Å²) in [5.41, 5.74) is 1.15. The molecular formula is C23H31FN6O2. The SMILES string of the molecule is Cn1nc(N2CCC(=O)NC2=O)c2ccc(C3CCN(CC4CCCNC4)CC3)c(F)c21. The van der Waals surface area contributed by atoms with Crippen LogP contribution in [0.2, 0.25) is 0 Å². The van der Waals surface area contributed by atoms with Crippen LogP contribution in [0, 0.1) is 11.7 Å². The second-order valence-corrected chi connectivity index (χ2v) is 9.35. The Hall–Kier alpha value is -2.52.